The van der Waals surface area contributed by atoms with Gasteiger partial charge in [-0.3, -0.25) is 4.98 Å². The number of rotatable bonds is 7. The molecule has 0 amide bonds. The first-order valence-electron chi connectivity index (χ1n) is 23.3. The molecular weight excluding hydrogens is 959 g/mol. The van der Waals surface area contributed by atoms with Gasteiger partial charge in [-0.15, -0.1) is 53.6 Å². The maximum atomic E-state index is 7.36. The van der Waals surface area contributed by atoms with E-state index >= 15 is 0 Å². The number of aryl methyl sites for hydroxylation is 1. The fourth-order valence-corrected chi connectivity index (χ4v) is 8.38. The van der Waals surface area contributed by atoms with Gasteiger partial charge in [-0.05, 0) is 98.3 Å². The van der Waals surface area contributed by atoms with E-state index in [0.29, 0.717) is 5.56 Å². The van der Waals surface area contributed by atoms with E-state index in [4.69, 9.17) is 13.5 Å². The average molecular weight is 1020 g/mol. The Balaban J connectivity index is 0.000000244. The van der Waals surface area contributed by atoms with Gasteiger partial charge < -0.3 is 14.0 Å². The standard InChI is InChI=1S/C43H35N2O.C16H18N.Ir/c1-27(2)36-25-32(31-23-21-30(22-24-31)29-13-6-5-7-14-29)26-37(28(3)4)41(36)45-39-19-10-9-18-38(39)44-43(45)35-17-12-16-34-33-15-8-11-20-40(33)46-42(34)35;1-12-5-7-13(8-6-12)15-11-14(9-10-17-15)16(2,3)4;/h5-16,18-28H,1-4H3;5-7,9-11H,1-4H3;/q2*-1;/i;1D3;. The molecule has 0 spiro atoms. The van der Waals surface area contributed by atoms with Gasteiger partial charge in [0.05, 0.1) is 22.4 Å². The maximum absolute atomic E-state index is 7.36. The molecule has 5 heteroatoms. The van der Waals surface area contributed by atoms with Gasteiger partial charge in [0.2, 0.25) is 0 Å². The number of nitrogens with zero attached hydrogens (tertiary/aromatic N) is 3. The Hall–Kier alpha value is -6.39. The molecule has 0 aliphatic rings. The minimum atomic E-state index is -2.09. The smallest absolute Gasteiger partial charge is 0.120 e. The summed E-state index contributed by atoms with van der Waals surface area (Å²) in [4.78, 5) is 9.61. The number of hydrogen-bond donors (Lipinski definition) is 0. The Labute approximate surface area is 395 Å². The molecule has 1 radical (unpaired) electrons. The summed E-state index contributed by atoms with van der Waals surface area (Å²) in [6, 6.07) is 60.5. The Morgan fingerprint density at radius 3 is 1.98 bits per heavy atom. The van der Waals surface area contributed by atoms with Crippen LogP contribution >= 0.6 is 0 Å². The molecular formula is C59H53IrN3O-2. The molecule has 64 heavy (non-hydrogen) atoms. The van der Waals surface area contributed by atoms with Gasteiger partial charge in [-0.1, -0.05) is 157 Å². The van der Waals surface area contributed by atoms with Gasteiger partial charge >= 0.3 is 0 Å². The number of imidazole rings is 1. The second-order valence-corrected chi connectivity index (χ2v) is 17.9. The second-order valence-electron chi connectivity index (χ2n) is 17.9. The van der Waals surface area contributed by atoms with Crippen LogP contribution in [0.4, 0.5) is 0 Å². The number of hydrogen-bond acceptors (Lipinski definition) is 3. The number of benzene rings is 7. The first-order chi connectivity index (χ1) is 31.7. The van der Waals surface area contributed by atoms with Crippen molar-refractivity contribution in [3.8, 4) is 50.6 Å². The first kappa shape index (κ1) is 40.4. The van der Waals surface area contributed by atoms with Crippen molar-refractivity contribution < 1.29 is 28.6 Å². The molecule has 3 heterocycles. The molecule has 3 aromatic heterocycles. The molecule has 321 valence electrons. The van der Waals surface area contributed by atoms with Crippen molar-refractivity contribution in [3.05, 3.63) is 198 Å². The zero-order valence-electron chi connectivity index (χ0n) is 40.3. The normalized spacial score (nSPS) is 12.5. The Kier molecular flexibility index (Phi) is 11.6. The van der Waals surface area contributed by atoms with Crippen LogP contribution in [-0.2, 0) is 25.5 Å². The number of aromatic nitrogens is 3. The molecule has 0 saturated carbocycles. The number of para-hydroxylation sites is 3. The summed E-state index contributed by atoms with van der Waals surface area (Å²) in [6.45, 7) is 13.5. The molecule has 0 unspecified atom stereocenters. The minimum Gasteiger partial charge on any atom is -0.501 e. The van der Waals surface area contributed by atoms with Crippen molar-refractivity contribution in [1.29, 1.82) is 0 Å². The summed E-state index contributed by atoms with van der Waals surface area (Å²) in [7, 11) is 0. The van der Waals surface area contributed by atoms with Crippen LogP contribution in [0.25, 0.3) is 83.6 Å². The van der Waals surface area contributed by atoms with Crippen molar-refractivity contribution in [2.75, 3.05) is 0 Å². The van der Waals surface area contributed by atoms with Crippen LogP contribution in [0, 0.1) is 19.0 Å². The third kappa shape index (κ3) is 8.76. The first-order valence-corrected chi connectivity index (χ1v) is 21.8. The third-order valence-electron chi connectivity index (χ3n) is 11.8. The molecule has 0 saturated heterocycles. The van der Waals surface area contributed by atoms with Gasteiger partial charge in [0.25, 0.3) is 0 Å². The summed E-state index contributed by atoms with van der Waals surface area (Å²) < 4.78 is 31.0. The summed E-state index contributed by atoms with van der Waals surface area (Å²) in [6.07, 6.45) is 1.78. The second kappa shape index (κ2) is 18.4. The summed E-state index contributed by atoms with van der Waals surface area (Å²) in [5.41, 5.74) is 16.4. The molecule has 10 rings (SSSR count). The van der Waals surface area contributed by atoms with Crippen LogP contribution in [0.15, 0.2) is 168 Å². The van der Waals surface area contributed by atoms with Gasteiger partial charge in [0.1, 0.15) is 5.58 Å². The number of pyridine rings is 1. The molecule has 10 aromatic rings. The van der Waals surface area contributed by atoms with E-state index in [0.717, 1.165) is 55.6 Å². The van der Waals surface area contributed by atoms with E-state index in [2.05, 4.69) is 179 Å². The van der Waals surface area contributed by atoms with Crippen molar-refractivity contribution in [3.63, 3.8) is 0 Å². The fourth-order valence-electron chi connectivity index (χ4n) is 8.38. The van der Waals surface area contributed by atoms with E-state index in [9.17, 15) is 0 Å². The van der Waals surface area contributed by atoms with Gasteiger partial charge in [0, 0.05) is 41.5 Å². The van der Waals surface area contributed by atoms with Crippen molar-refractivity contribution in [2.45, 2.75) is 72.6 Å². The van der Waals surface area contributed by atoms with E-state index in [-0.39, 0.29) is 37.4 Å². The van der Waals surface area contributed by atoms with E-state index in [1.54, 1.807) is 18.3 Å². The largest absolute Gasteiger partial charge is 0.501 e. The van der Waals surface area contributed by atoms with Crippen LogP contribution in [0.1, 0.15) is 86.7 Å². The van der Waals surface area contributed by atoms with Gasteiger partial charge in [0.15, 0.2) is 0 Å². The van der Waals surface area contributed by atoms with Crippen LogP contribution < -0.4 is 0 Å². The van der Waals surface area contributed by atoms with E-state index in [1.165, 1.54) is 50.7 Å². The van der Waals surface area contributed by atoms with E-state index < -0.39 is 6.85 Å². The van der Waals surface area contributed by atoms with Crippen molar-refractivity contribution >= 4 is 33.0 Å². The average Bonchev–Trinajstić information content (AvgIpc) is 3.90. The maximum Gasteiger partial charge on any atom is 0.120 e. The predicted octanol–water partition coefficient (Wildman–Crippen LogP) is 16.1. The molecule has 0 atom stereocenters. The molecule has 7 aromatic carbocycles. The predicted molar refractivity (Wildman–Crippen MR) is 264 cm³/mol. The molecule has 0 aliphatic carbocycles. The monoisotopic (exact) mass is 1020 g/mol. The van der Waals surface area contributed by atoms with Crippen LogP contribution in [-0.4, -0.2) is 14.5 Å². The van der Waals surface area contributed by atoms with Crippen LogP contribution in [0.5, 0.6) is 0 Å². The summed E-state index contributed by atoms with van der Waals surface area (Å²) in [5.74, 6) is 1.39. The Morgan fingerprint density at radius 2 is 1.31 bits per heavy atom. The molecule has 0 bridgehead atoms. The summed E-state index contributed by atoms with van der Waals surface area (Å²) in [5, 5.41) is 2.18. The quantitative estimate of drug-likeness (QED) is 0.149. The van der Waals surface area contributed by atoms with Crippen LogP contribution in [0.3, 0.4) is 0 Å². The third-order valence-corrected chi connectivity index (χ3v) is 11.8. The molecule has 0 aliphatic heterocycles. The van der Waals surface area contributed by atoms with E-state index in [1.807, 2.05) is 30.3 Å². The zero-order chi connectivity index (χ0) is 46.3. The van der Waals surface area contributed by atoms with Crippen LogP contribution in [0.2, 0.25) is 0 Å². The number of fused-ring (bicyclic) bond motifs is 4. The molecule has 0 fully saturated rings. The zero-order valence-corrected chi connectivity index (χ0v) is 39.7. The fraction of sp³-hybridized carbons (Fsp3) is 0.186. The van der Waals surface area contributed by atoms with Crippen molar-refractivity contribution in [1.82, 2.24) is 14.5 Å². The molecule has 4 nitrogen and oxygen atoms in total. The van der Waals surface area contributed by atoms with Gasteiger partial charge in [-0.25, -0.2) is 0 Å². The van der Waals surface area contributed by atoms with Crippen molar-refractivity contribution in [2.24, 2.45) is 0 Å². The summed E-state index contributed by atoms with van der Waals surface area (Å²) >= 11 is 0. The molecule has 0 N–H and O–H groups in total. The topological polar surface area (TPSA) is 43.9 Å². The Morgan fingerprint density at radius 1 is 0.656 bits per heavy atom. The van der Waals surface area contributed by atoms with Gasteiger partial charge in [-0.2, -0.15) is 0 Å². The number of furan rings is 1. The Bertz CT molecular complexity index is 3290. The minimum absolute atomic E-state index is 0. The SMILES string of the molecule is CC(C)c1cc(-c2ccc(-c3ccccc3)cc2)cc(C(C)C)c1-n1c(-c2[c-]ccc3c2oc2ccccc23)nc2ccccc21.[2H]C([2H])([2H])c1c[c-]c(-c2cc(C(C)(C)C)ccn2)cc1.[Ir].